The van der Waals surface area contributed by atoms with Crippen LogP contribution in [0.4, 0.5) is 15.8 Å². The third-order valence-electron chi connectivity index (χ3n) is 4.23. The second-order valence-corrected chi connectivity index (χ2v) is 6.76. The molecule has 0 aromatic heterocycles. The molecule has 0 aliphatic carbocycles. The molecule has 2 aromatic carbocycles. The first-order chi connectivity index (χ1) is 11.0. The Bertz CT molecular complexity index is 854. The first kappa shape index (κ1) is 14.3. The van der Waals surface area contributed by atoms with E-state index in [-0.39, 0.29) is 17.6 Å². The van der Waals surface area contributed by atoms with Crippen LogP contribution < -0.4 is 10.2 Å². The van der Waals surface area contributed by atoms with Crippen LogP contribution in [0.25, 0.3) is 0 Å². The lowest BCUT2D eigenvalue weighted by atomic mass is 10.0. The predicted molar refractivity (Wildman–Crippen MR) is 87.8 cm³/mol. The van der Waals surface area contributed by atoms with Crippen molar-refractivity contribution in [3.63, 3.8) is 0 Å². The van der Waals surface area contributed by atoms with Crippen LogP contribution in [0.1, 0.15) is 11.1 Å². The van der Waals surface area contributed by atoms with E-state index in [0.29, 0.717) is 16.9 Å². The molecule has 0 unspecified atom stereocenters. The van der Waals surface area contributed by atoms with E-state index in [1.807, 2.05) is 18.2 Å². The summed E-state index contributed by atoms with van der Waals surface area (Å²) in [5.41, 5.74) is 2.33. The van der Waals surface area contributed by atoms with Gasteiger partial charge in [-0.2, -0.15) is 0 Å². The van der Waals surface area contributed by atoms with E-state index in [4.69, 9.17) is 0 Å². The molecule has 2 aromatic rings. The molecule has 116 valence electrons. The summed E-state index contributed by atoms with van der Waals surface area (Å²) in [7, 11) is 0. The summed E-state index contributed by atoms with van der Waals surface area (Å²) >= 11 is 1.27. The van der Waals surface area contributed by atoms with E-state index < -0.39 is 10.7 Å². The first-order valence-electron chi connectivity index (χ1n) is 7.18. The molecule has 1 saturated heterocycles. The first-order valence-corrected chi connectivity index (χ1v) is 8.17. The van der Waals surface area contributed by atoms with E-state index in [1.54, 1.807) is 25.1 Å². The number of benzene rings is 2. The van der Waals surface area contributed by atoms with Crippen molar-refractivity contribution in [2.45, 2.75) is 11.8 Å². The summed E-state index contributed by atoms with van der Waals surface area (Å²) in [4.78, 5) is 25.5. The monoisotopic (exact) mass is 328 g/mol. The van der Waals surface area contributed by atoms with Crippen molar-refractivity contribution in [3.8, 4) is 0 Å². The third-order valence-corrected chi connectivity index (χ3v) is 5.63. The number of para-hydroxylation sites is 1. The van der Waals surface area contributed by atoms with Crippen LogP contribution in [0.3, 0.4) is 0 Å². The highest BCUT2D eigenvalue weighted by Crippen LogP contribution is 2.53. The van der Waals surface area contributed by atoms with E-state index in [9.17, 15) is 14.0 Å². The lowest BCUT2D eigenvalue weighted by Gasteiger charge is -2.32. The van der Waals surface area contributed by atoms with Crippen molar-refractivity contribution >= 4 is 35.0 Å². The van der Waals surface area contributed by atoms with Gasteiger partial charge in [-0.3, -0.25) is 14.5 Å². The van der Waals surface area contributed by atoms with Crippen molar-refractivity contribution in [3.05, 3.63) is 59.4 Å². The summed E-state index contributed by atoms with van der Waals surface area (Å²) in [6, 6.07) is 11.9. The second-order valence-electron chi connectivity index (χ2n) is 5.60. The number of fused-ring (bicyclic) bond motifs is 2. The Kier molecular flexibility index (Phi) is 2.99. The van der Waals surface area contributed by atoms with Gasteiger partial charge in [-0.1, -0.05) is 24.3 Å². The van der Waals surface area contributed by atoms with Gasteiger partial charge >= 0.3 is 0 Å². The highest BCUT2D eigenvalue weighted by molar-refractivity contribution is 8.02. The number of rotatable bonds is 1. The van der Waals surface area contributed by atoms with Crippen molar-refractivity contribution in [2.24, 2.45) is 0 Å². The van der Waals surface area contributed by atoms with Gasteiger partial charge in [0.1, 0.15) is 5.82 Å². The Labute approximate surface area is 136 Å². The van der Waals surface area contributed by atoms with E-state index >= 15 is 0 Å². The highest BCUT2D eigenvalue weighted by Gasteiger charge is 2.58. The zero-order valence-corrected chi connectivity index (χ0v) is 13.1. The van der Waals surface area contributed by atoms with Gasteiger partial charge in [-0.25, -0.2) is 4.39 Å². The molecule has 0 radical (unpaired) electrons. The van der Waals surface area contributed by atoms with Crippen LogP contribution in [0.5, 0.6) is 0 Å². The molecule has 2 aliphatic heterocycles. The molecule has 2 heterocycles. The maximum atomic E-state index is 14.0. The summed E-state index contributed by atoms with van der Waals surface area (Å²) in [6.07, 6.45) is 0. The number of thioether (sulfide) groups is 1. The number of carbonyl (C=O) groups is 2. The van der Waals surface area contributed by atoms with Gasteiger partial charge in [-0.05, 0) is 30.7 Å². The number of hydrogen-bond acceptors (Lipinski definition) is 3. The molecule has 4 nitrogen and oxygen atoms in total. The molecule has 1 atom stereocenters. The van der Waals surface area contributed by atoms with Crippen LogP contribution in [-0.4, -0.2) is 17.6 Å². The Morgan fingerprint density at radius 1 is 1.22 bits per heavy atom. The van der Waals surface area contributed by atoms with Crippen LogP contribution in [-0.2, 0) is 14.5 Å². The molecule has 1 N–H and O–H groups in total. The molecule has 1 fully saturated rings. The van der Waals surface area contributed by atoms with Crippen molar-refractivity contribution in [1.29, 1.82) is 0 Å². The molecule has 0 bridgehead atoms. The summed E-state index contributed by atoms with van der Waals surface area (Å²) in [6.45, 7) is 1.66. The van der Waals surface area contributed by atoms with E-state index in [2.05, 4.69) is 5.32 Å². The standard InChI is InChI=1S/C17H13FN2O2S/c1-10-6-7-11(8-13(10)18)20-15(21)9-23-17(20)12-4-2-3-5-14(12)19-16(17)22/h2-8H,9H2,1H3,(H,19,22)/t17-/m0/s1. The minimum absolute atomic E-state index is 0.178. The van der Waals surface area contributed by atoms with E-state index in [1.165, 1.54) is 22.7 Å². The molecule has 0 saturated carbocycles. The van der Waals surface area contributed by atoms with Gasteiger partial charge in [0.25, 0.3) is 5.91 Å². The second kappa shape index (κ2) is 4.83. The van der Waals surface area contributed by atoms with Gasteiger partial charge in [0.05, 0.1) is 5.75 Å². The Morgan fingerprint density at radius 3 is 2.78 bits per heavy atom. The number of nitrogens with zero attached hydrogens (tertiary/aromatic N) is 1. The van der Waals surface area contributed by atoms with E-state index in [0.717, 1.165) is 5.56 Å². The number of carbonyl (C=O) groups excluding carboxylic acids is 2. The number of amides is 2. The number of nitrogens with one attached hydrogen (secondary N) is 1. The van der Waals surface area contributed by atoms with Crippen LogP contribution >= 0.6 is 11.8 Å². The van der Waals surface area contributed by atoms with Gasteiger partial charge in [0.2, 0.25) is 10.8 Å². The lowest BCUT2D eigenvalue weighted by Crippen LogP contribution is -2.47. The van der Waals surface area contributed by atoms with Crippen LogP contribution in [0.15, 0.2) is 42.5 Å². The van der Waals surface area contributed by atoms with Crippen LogP contribution in [0, 0.1) is 12.7 Å². The highest BCUT2D eigenvalue weighted by atomic mass is 32.2. The van der Waals surface area contributed by atoms with Crippen LogP contribution in [0.2, 0.25) is 0 Å². The topological polar surface area (TPSA) is 49.4 Å². The summed E-state index contributed by atoms with van der Waals surface area (Å²) < 4.78 is 14.0. The molecule has 2 amide bonds. The maximum Gasteiger partial charge on any atom is 0.266 e. The maximum absolute atomic E-state index is 14.0. The molecule has 1 spiro atoms. The minimum Gasteiger partial charge on any atom is -0.323 e. The number of hydrogen-bond donors (Lipinski definition) is 1. The quantitative estimate of drug-likeness (QED) is 0.875. The Morgan fingerprint density at radius 2 is 2.00 bits per heavy atom. The average Bonchev–Trinajstić information content (AvgIpc) is 3.02. The molecule has 2 aliphatic rings. The van der Waals surface area contributed by atoms with Crippen molar-refractivity contribution in [1.82, 2.24) is 0 Å². The fourth-order valence-corrected chi connectivity index (χ4v) is 4.41. The zero-order valence-electron chi connectivity index (χ0n) is 12.3. The Hall–Kier alpha value is -2.34. The molecule has 23 heavy (non-hydrogen) atoms. The Balaban J connectivity index is 1.93. The zero-order chi connectivity index (χ0) is 16.2. The molecule has 6 heteroatoms. The fourth-order valence-electron chi connectivity index (χ4n) is 3.10. The normalized spacial score (nSPS) is 22.6. The summed E-state index contributed by atoms with van der Waals surface area (Å²) in [5, 5.41) is 2.83. The lowest BCUT2D eigenvalue weighted by molar-refractivity contribution is -0.122. The number of halogens is 1. The largest absolute Gasteiger partial charge is 0.323 e. The SMILES string of the molecule is Cc1ccc(N2C(=O)CS[C@@]23C(=O)Nc2ccccc23)cc1F. The third kappa shape index (κ3) is 1.84. The number of aryl methyl sites for hydroxylation is 1. The van der Waals surface area contributed by atoms with Gasteiger partial charge in [0.15, 0.2) is 0 Å². The van der Waals surface area contributed by atoms with Crippen molar-refractivity contribution < 1.29 is 14.0 Å². The smallest absolute Gasteiger partial charge is 0.266 e. The number of anilines is 2. The fraction of sp³-hybridized carbons (Fsp3) is 0.176. The summed E-state index contributed by atoms with van der Waals surface area (Å²) in [5.74, 6) is -0.688. The average molecular weight is 328 g/mol. The van der Waals surface area contributed by atoms with Crippen molar-refractivity contribution in [2.75, 3.05) is 16.0 Å². The molecule has 4 rings (SSSR count). The molecular formula is C17H13FN2O2S. The van der Waals surface area contributed by atoms with Gasteiger partial charge in [-0.15, -0.1) is 11.8 Å². The van der Waals surface area contributed by atoms with Gasteiger partial charge < -0.3 is 5.32 Å². The molecular weight excluding hydrogens is 315 g/mol. The predicted octanol–water partition coefficient (Wildman–Crippen LogP) is 3.02. The van der Waals surface area contributed by atoms with Gasteiger partial charge in [0, 0.05) is 16.9 Å². The minimum atomic E-state index is -1.16.